The van der Waals surface area contributed by atoms with Crippen LogP contribution in [0.3, 0.4) is 0 Å². The Morgan fingerprint density at radius 2 is 1.92 bits per heavy atom. The number of aromatic nitrogens is 1. The van der Waals surface area contributed by atoms with Crippen LogP contribution in [0.15, 0.2) is 54.6 Å². The first-order valence-electron chi connectivity index (χ1n) is 9.13. The van der Waals surface area contributed by atoms with Crippen LogP contribution in [0.25, 0.3) is 10.9 Å². The monoisotopic (exact) mass is 332 g/mol. The van der Waals surface area contributed by atoms with Crippen LogP contribution in [0, 0.1) is 0 Å². The van der Waals surface area contributed by atoms with Gasteiger partial charge in [0, 0.05) is 30.6 Å². The lowest BCUT2D eigenvalue weighted by Crippen LogP contribution is -2.25. The highest BCUT2D eigenvalue weighted by molar-refractivity contribution is 5.81. The molecule has 0 spiro atoms. The molecular formula is C22H24N2O. The van der Waals surface area contributed by atoms with Crippen molar-refractivity contribution in [3.63, 3.8) is 0 Å². The van der Waals surface area contributed by atoms with E-state index >= 15 is 0 Å². The number of fused-ring (bicyclic) bond motifs is 2. The van der Waals surface area contributed by atoms with Crippen LogP contribution >= 0.6 is 0 Å². The predicted octanol–water partition coefficient (Wildman–Crippen LogP) is 4.58. The summed E-state index contributed by atoms with van der Waals surface area (Å²) in [6.07, 6.45) is 2.28. The molecule has 0 radical (unpaired) electrons. The van der Waals surface area contributed by atoms with Gasteiger partial charge in [0.2, 0.25) is 5.88 Å². The Hall–Kier alpha value is -2.39. The number of hydrogen-bond acceptors (Lipinski definition) is 3. The standard InChI is InChI=1S/C22H24N2O/c1-2-6-17-9-10-21-19(13-17)14-20-16-24(11-12-25-22(20)23-21)15-18-7-4-3-5-8-18/h3-5,7-10,13-14H,2,6,11-12,15-16H2,1H3. The van der Waals surface area contributed by atoms with Gasteiger partial charge >= 0.3 is 0 Å². The van der Waals surface area contributed by atoms with E-state index in [0.29, 0.717) is 6.61 Å². The van der Waals surface area contributed by atoms with Crippen LogP contribution in [0.4, 0.5) is 0 Å². The summed E-state index contributed by atoms with van der Waals surface area (Å²) >= 11 is 0. The quantitative estimate of drug-likeness (QED) is 0.699. The van der Waals surface area contributed by atoms with E-state index in [9.17, 15) is 0 Å². The number of ether oxygens (including phenoxy) is 1. The van der Waals surface area contributed by atoms with Gasteiger partial charge in [0.1, 0.15) is 6.61 Å². The largest absolute Gasteiger partial charge is 0.476 e. The Labute approximate surface area is 149 Å². The van der Waals surface area contributed by atoms with Gasteiger partial charge in [0.05, 0.1) is 5.52 Å². The summed E-state index contributed by atoms with van der Waals surface area (Å²) < 4.78 is 5.95. The van der Waals surface area contributed by atoms with Crippen LogP contribution < -0.4 is 4.74 Å². The molecule has 0 bridgehead atoms. The van der Waals surface area contributed by atoms with Crippen molar-refractivity contribution >= 4 is 10.9 Å². The maximum Gasteiger partial charge on any atom is 0.218 e. The highest BCUT2D eigenvalue weighted by Gasteiger charge is 2.17. The molecule has 0 saturated heterocycles. The molecule has 3 nitrogen and oxygen atoms in total. The fourth-order valence-corrected chi connectivity index (χ4v) is 3.50. The molecule has 128 valence electrons. The minimum Gasteiger partial charge on any atom is -0.476 e. The van der Waals surface area contributed by atoms with Gasteiger partial charge in [-0.1, -0.05) is 49.7 Å². The van der Waals surface area contributed by atoms with Gasteiger partial charge in [-0.3, -0.25) is 4.90 Å². The lowest BCUT2D eigenvalue weighted by molar-refractivity contribution is 0.217. The van der Waals surface area contributed by atoms with Gasteiger partial charge in [0.15, 0.2) is 0 Å². The number of nitrogens with zero attached hydrogens (tertiary/aromatic N) is 2. The molecular weight excluding hydrogens is 308 g/mol. The molecule has 0 fully saturated rings. The molecule has 3 heteroatoms. The first-order valence-corrected chi connectivity index (χ1v) is 9.13. The predicted molar refractivity (Wildman–Crippen MR) is 102 cm³/mol. The van der Waals surface area contributed by atoms with Gasteiger partial charge in [-0.05, 0) is 35.7 Å². The van der Waals surface area contributed by atoms with Crippen molar-refractivity contribution in [1.82, 2.24) is 9.88 Å². The molecule has 1 aromatic heterocycles. The highest BCUT2D eigenvalue weighted by atomic mass is 16.5. The molecule has 1 aliphatic rings. The zero-order valence-corrected chi connectivity index (χ0v) is 14.7. The number of pyridine rings is 1. The summed E-state index contributed by atoms with van der Waals surface area (Å²) in [6, 6.07) is 19.5. The van der Waals surface area contributed by atoms with Gasteiger partial charge in [-0.2, -0.15) is 0 Å². The van der Waals surface area contributed by atoms with Crippen LogP contribution in [0.1, 0.15) is 30.0 Å². The van der Waals surface area contributed by atoms with Crippen molar-refractivity contribution in [2.75, 3.05) is 13.2 Å². The minimum absolute atomic E-state index is 0.687. The lowest BCUT2D eigenvalue weighted by atomic mass is 10.1. The van der Waals surface area contributed by atoms with Gasteiger partial charge in [0.25, 0.3) is 0 Å². The third kappa shape index (κ3) is 3.67. The molecule has 2 aromatic carbocycles. The van der Waals surface area contributed by atoms with E-state index < -0.39 is 0 Å². The third-order valence-corrected chi connectivity index (χ3v) is 4.75. The smallest absolute Gasteiger partial charge is 0.218 e. The molecule has 0 N–H and O–H groups in total. The van der Waals surface area contributed by atoms with Gasteiger partial charge in [-0.25, -0.2) is 4.98 Å². The summed E-state index contributed by atoms with van der Waals surface area (Å²) in [7, 11) is 0. The SMILES string of the molecule is CCCc1ccc2nc3c(cc2c1)CN(Cc1ccccc1)CCO3. The first kappa shape index (κ1) is 16.1. The fourth-order valence-electron chi connectivity index (χ4n) is 3.50. The Balaban J connectivity index is 1.62. The number of rotatable bonds is 4. The van der Waals surface area contributed by atoms with E-state index in [2.05, 4.69) is 66.4 Å². The van der Waals surface area contributed by atoms with Crippen molar-refractivity contribution in [1.29, 1.82) is 0 Å². The molecule has 1 aliphatic heterocycles. The van der Waals surface area contributed by atoms with E-state index in [-0.39, 0.29) is 0 Å². The van der Waals surface area contributed by atoms with E-state index in [1.807, 2.05) is 0 Å². The Bertz CT molecular complexity index is 861. The molecule has 0 saturated carbocycles. The van der Waals surface area contributed by atoms with Crippen LogP contribution in [-0.4, -0.2) is 23.0 Å². The van der Waals surface area contributed by atoms with E-state index in [1.54, 1.807) is 0 Å². The van der Waals surface area contributed by atoms with Crippen LogP contribution in [-0.2, 0) is 19.5 Å². The third-order valence-electron chi connectivity index (χ3n) is 4.75. The molecule has 0 amide bonds. The second kappa shape index (κ2) is 7.24. The van der Waals surface area contributed by atoms with Gasteiger partial charge < -0.3 is 4.74 Å². The average Bonchev–Trinajstić information content (AvgIpc) is 2.82. The van der Waals surface area contributed by atoms with Crippen molar-refractivity contribution in [2.24, 2.45) is 0 Å². The molecule has 0 aliphatic carbocycles. The molecule has 25 heavy (non-hydrogen) atoms. The lowest BCUT2D eigenvalue weighted by Gasteiger charge is -2.19. The average molecular weight is 332 g/mol. The number of aryl methyl sites for hydroxylation is 1. The zero-order chi connectivity index (χ0) is 17.1. The topological polar surface area (TPSA) is 25.4 Å². The molecule has 0 atom stereocenters. The number of hydrogen-bond donors (Lipinski definition) is 0. The molecule has 0 unspecified atom stereocenters. The maximum absolute atomic E-state index is 5.95. The van der Waals surface area contributed by atoms with E-state index in [4.69, 9.17) is 9.72 Å². The van der Waals surface area contributed by atoms with Crippen molar-refractivity contribution < 1.29 is 4.74 Å². The molecule has 2 heterocycles. The molecule has 4 rings (SSSR count). The zero-order valence-electron chi connectivity index (χ0n) is 14.7. The Morgan fingerprint density at radius 3 is 2.76 bits per heavy atom. The maximum atomic E-state index is 5.95. The highest BCUT2D eigenvalue weighted by Crippen LogP contribution is 2.27. The van der Waals surface area contributed by atoms with E-state index in [1.165, 1.54) is 22.1 Å². The summed E-state index contributed by atoms with van der Waals surface area (Å²) in [6.45, 7) is 5.65. The summed E-state index contributed by atoms with van der Waals surface area (Å²) in [5, 5.41) is 1.22. The van der Waals surface area contributed by atoms with Crippen molar-refractivity contribution in [3.8, 4) is 5.88 Å². The second-order valence-corrected chi connectivity index (χ2v) is 6.77. The fraction of sp³-hybridized carbons (Fsp3) is 0.318. The summed E-state index contributed by atoms with van der Waals surface area (Å²) in [5.41, 5.74) is 4.93. The first-order chi connectivity index (χ1) is 12.3. The van der Waals surface area contributed by atoms with Gasteiger partial charge in [-0.15, -0.1) is 0 Å². The normalized spacial score (nSPS) is 14.8. The van der Waals surface area contributed by atoms with E-state index in [0.717, 1.165) is 43.9 Å². The van der Waals surface area contributed by atoms with Crippen LogP contribution in [0.2, 0.25) is 0 Å². The Morgan fingerprint density at radius 1 is 1.04 bits per heavy atom. The molecule has 3 aromatic rings. The van der Waals surface area contributed by atoms with Crippen LogP contribution in [0.5, 0.6) is 5.88 Å². The minimum atomic E-state index is 0.687. The van der Waals surface area contributed by atoms with Crippen molar-refractivity contribution in [3.05, 3.63) is 71.3 Å². The Kier molecular flexibility index (Phi) is 4.66. The summed E-state index contributed by atoms with van der Waals surface area (Å²) in [4.78, 5) is 7.20. The van der Waals surface area contributed by atoms with Crippen molar-refractivity contribution in [2.45, 2.75) is 32.9 Å². The summed E-state index contributed by atoms with van der Waals surface area (Å²) in [5.74, 6) is 0.798. The second-order valence-electron chi connectivity index (χ2n) is 6.77. The number of benzene rings is 2.